The van der Waals surface area contributed by atoms with Crippen molar-refractivity contribution < 1.29 is 19.0 Å². The SMILES string of the molecule is COc1cccc(C(O)Cc2cccc(F)c2Br)c1OC. The molecule has 0 aliphatic carbocycles. The average Bonchev–Trinajstić information content (AvgIpc) is 2.50. The van der Waals surface area contributed by atoms with Gasteiger partial charge in [-0.15, -0.1) is 0 Å². The molecule has 0 aliphatic heterocycles. The van der Waals surface area contributed by atoms with Crippen LogP contribution >= 0.6 is 15.9 Å². The lowest BCUT2D eigenvalue weighted by molar-refractivity contribution is 0.172. The Kier molecular flexibility index (Phi) is 5.20. The number of aliphatic hydroxyl groups excluding tert-OH is 1. The maximum absolute atomic E-state index is 13.5. The maximum atomic E-state index is 13.5. The molecular formula is C16H16BrFO3. The highest BCUT2D eigenvalue weighted by Crippen LogP contribution is 2.36. The van der Waals surface area contributed by atoms with E-state index in [0.717, 1.165) is 0 Å². The molecule has 1 unspecified atom stereocenters. The molecule has 2 aromatic carbocycles. The minimum atomic E-state index is -0.826. The molecule has 21 heavy (non-hydrogen) atoms. The highest BCUT2D eigenvalue weighted by molar-refractivity contribution is 9.10. The normalized spacial score (nSPS) is 12.0. The van der Waals surface area contributed by atoms with Crippen molar-refractivity contribution in [1.82, 2.24) is 0 Å². The van der Waals surface area contributed by atoms with E-state index < -0.39 is 6.10 Å². The molecule has 0 spiro atoms. The first-order valence-corrected chi connectivity index (χ1v) is 7.19. The highest BCUT2D eigenvalue weighted by Gasteiger charge is 2.19. The number of aliphatic hydroxyl groups is 1. The van der Waals surface area contributed by atoms with Crippen LogP contribution in [0, 0.1) is 5.82 Å². The molecule has 112 valence electrons. The lowest BCUT2D eigenvalue weighted by Gasteiger charge is -2.17. The van der Waals surface area contributed by atoms with Gasteiger partial charge in [0.15, 0.2) is 11.5 Å². The predicted octanol–water partition coefficient (Wildman–Crippen LogP) is 3.88. The van der Waals surface area contributed by atoms with Crippen LogP contribution in [-0.4, -0.2) is 19.3 Å². The van der Waals surface area contributed by atoms with Crippen molar-refractivity contribution in [3.63, 3.8) is 0 Å². The Balaban J connectivity index is 2.32. The number of halogens is 2. The fourth-order valence-corrected chi connectivity index (χ4v) is 2.62. The molecule has 0 amide bonds. The van der Waals surface area contributed by atoms with Crippen molar-refractivity contribution in [1.29, 1.82) is 0 Å². The molecule has 0 saturated heterocycles. The molecule has 0 radical (unpaired) electrons. The molecule has 2 rings (SSSR count). The summed E-state index contributed by atoms with van der Waals surface area (Å²) in [5.74, 6) is 0.685. The topological polar surface area (TPSA) is 38.7 Å². The number of hydrogen-bond acceptors (Lipinski definition) is 3. The zero-order valence-corrected chi connectivity index (χ0v) is 13.4. The number of rotatable bonds is 5. The fraction of sp³-hybridized carbons (Fsp3) is 0.250. The van der Waals surface area contributed by atoms with Crippen molar-refractivity contribution in [2.75, 3.05) is 14.2 Å². The van der Waals surface area contributed by atoms with Crippen LogP contribution in [0.25, 0.3) is 0 Å². The Morgan fingerprint density at radius 3 is 2.52 bits per heavy atom. The summed E-state index contributed by atoms with van der Waals surface area (Å²) in [6.07, 6.45) is -0.560. The van der Waals surface area contributed by atoms with Crippen LogP contribution in [0.2, 0.25) is 0 Å². The molecule has 0 bridgehead atoms. The van der Waals surface area contributed by atoms with Gasteiger partial charge in [-0.25, -0.2) is 4.39 Å². The van der Waals surface area contributed by atoms with E-state index in [9.17, 15) is 9.50 Å². The number of benzene rings is 2. The van der Waals surface area contributed by atoms with Gasteiger partial charge in [-0.05, 0) is 33.6 Å². The van der Waals surface area contributed by atoms with E-state index in [-0.39, 0.29) is 12.2 Å². The van der Waals surface area contributed by atoms with Gasteiger partial charge in [0.05, 0.1) is 24.8 Å². The van der Waals surface area contributed by atoms with E-state index in [1.54, 1.807) is 30.3 Å². The molecule has 3 nitrogen and oxygen atoms in total. The van der Waals surface area contributed by atoms with Crippen molar-refractivity contribution in [3.8, 4) is 11.5 Å². The van der Waals surface area contributed by atoms with Crippen LogP contribution in [-0.2, 0) is 6.42 Å². The molecule has 5 heteroatoms. The fourth-order valence-electron chi connectivity index (χ4n) is 2.20. The molecule has 1 atom stereocenters. The first-order chi connectivity index (χ1) is 10.1. The molecule has 0 aliphatic rings. The van der Waals surface area contributed by atoms with Crippen LogP contribution in [0.15, 0.2) is 40.9 Å². The maximum Gasteiger partial charge on any atom is 0.166 e. The van der Waals surface area contributed by atoms with Crippen molar-refractivity contribution in [2.24, 2.45) is 0 Å². The highest BCUT2D eigenvalue weighted by atomic mass is 79.9. The summed E-state index contributed by atoms with van der Waals surface area (Å²) in [5, 5.41) is 10.4. The lowest BCUT2D eigenvalue weighted by Crippen LogP contribution is -2.06. The first kappa shape index (κ1) is 15.8. The Labute approximate surface area is 131 Å². The van der Waals surface area contributed by atoms with E-state index in [2.05, 4.69) is 15.9 Å². The number of para-hydroxylation sites is 1. The van der Waals surface area contributed by atoms with Crippen molar-refractivity contribution in [3.05, 3.63) is 57.8 Å². The zero-order valence-electron chi connectivity index (χ0n) is 11.8. The summed E-state index contributed by atoms with van der Waals surface area (Å²) in [6.45, 7) is 0. The lowest BCUT2D eigenvalue weighted by atomic mass is 10.00. The monoisotopic (exact) mass is 354 g/mol. The standard InChI is InChI=1S/C16H16BrFO3/c1-20-14-8-4-6-11(16(14)21-2)13(19)9-10-5-3-7-12(18)15(10)17/h3-8,13,19H,9H2,1-2H3. The summed E-state index contributed by atoms with van der Waals surface area (Å²) in [5.41, 5.74) is 1.29. The Morgan fingerprint density at radius 1 is 1.14 bits per heavy atom. The molecule has 0 aromatic heterocycles. The number of ether oxygens (including phenoxy) is 2. The molecule has 0 saturated carbocycles. The third kappa shape index (κ3) is 3.36. The predicted molar refractivity (Wildman–Crippen MR) is 82.3 cm³/mol. The van der Waals surface area contributed by atoms with Gasteiger partial charge in [0.1, 0.15) is 5.82 Å². The second-order valence-electron chi connectivity index (χ2n) is 4.52. The third-order valence-electron chi connectivity index (χ3n) is 3.24. The second kappa shape index (κ2) is 6.91. The number of hydrogen-bond donors (Lipinski definition) is 1. The summed E-state index contributed by atoms with van der Waals surface area (Å²) in [4.78, 5) is 0. The van der Waals surface area contributed by atoms with Gasteiger partial charge in [0.2, 0.25) is 0 Å². The summed E-state index contributed by atoms with van der Waals surface area (Å²) >= 11 is 3.20. The van der Waals surface area contributed by atoms with Crippen LogP contribution in [0.4, 0.5) is 4.39 Å². The van der Waals surface area contributed by atoms with E-state index >= 15 is 0 Å². The Morgan fingerprint density at radius 2 is 1.86 bits per heavy atom. The minimum Gasteiger partial charge on any atom is -0.493 e. The van der Waals surface area contributed by atoms with Gasteiger partial charge in [-0.2, -0.15) is 0 Å². The Bertz CT molecular complexity index is 631. The third-order valence-corrected chi connectivity index (χ3v) is 4.13. The first-order valence-electron chi connectivity index (χ1n) is 6.40. The molecule has 0 heterocycles. The van der Waals surface area contributed by atoms with Crippen LogP contribution in [0.3, 0.4) is 0 Å². The van der Waals surface area contributed by atoms with Gasteiger partial charge < -0.3 is 14.6 Å². The van der Waals surface area contributed by atoms with Crippen molar-refractivity contribution in [2.45, 2.75) is 12.5 Å². The summed E-state index contributed by atoms with van der Waals surface area (Å²) in [7, 11) is 3.06. The smallest absolute Gasteiger partial charge is 0.166 e. The van der Waals surface area contributed by atoms with Gasteiger partial charge in [0, 0.05) is 12.0 Å². The van der Waals surface area contributed by atoms with E-state index in [1.807, 2.05) is 0 Å². The van der Waals surface area contributed by atoms with Crippen LogP contribution in [0.1, 0.15) is 17.2 Å². The Hall–Kier alpha value is -1.59. The van der Waals surface area contributed by atoms with E-state index in [1.165, 1.54) is 20.3 Å². The largest absolute Gasteiger partial charge is 0.493 e. The number of methoxy groups -OCH3 is 2. The zero-order chi connectivity index (χ0) is 15.4. The summed E-state index contributed by atoms with van der Waals surface area (Å²) < 4.78 is 24.4. The van der Waals surface area contributed by atoms with Gasteiger partial charge >= 0.3 is 0 Å². The average molecular weight is 355 g/mol. The summed E-state index contributed by atoms with van der Waals surface area (Å²) in [6, 6.07) is 10.0. The van der Waals surface area contributed by atoms with Crippen LogP contribution < -0.4 is 9.47 Å². The molecule has 1 N–H and O–H groups in total. The van der Waals surface area contributed by atoms with Gasteiger partial charge in [0.25, 0.3) is 0 Å². The second-order valence-corrected chi connectivity index (χ2v) is 5.31. The molecule has 2 aromatic rings. The van der Waals surface area contributed by atoms with Gasteiger partial charge in [-0.3, -0.25) is 0 Å². The molecular weight excluding hydrogens is 339 g/mol. The minimum absolute atomic E-state index is 0.266. The van der Waals surface area contributed by atoms with Crippen LogP contribution in [0.5, 0.6) is 11.5 Å². The van der Waals surface area contributed by atoms with E-state index in [0.29, 0.717) is 27.1 Å². The van der Waals surface area contributed by atoms with Crippen molar-refractivity contribution >= 4 is 15.9 Å². The molecule has 0 fully saturated rings. The quantitative estimate of drug-likeness (QED) is 0.885. The van der Waals surface area contributed by atoms with E-state index in [4.69, 9.17) is 9.47 Å². The van der Waals surface area contributed by atoms with Gasteiger partial charge in [-0.1, -0.05) is 24.3 Å².